The van der Waals surface area contributed by atoms with Crippen LogP contribution in [0.25, 0.3) is 5.65 Å². The summed E-state index contributed by atoms with van der Waals surface area (Å²) >= 11 is 0. The fourth-order valence-corrected chi connectivity index (χ4v) is 1.82. The van der Waals surface area contributed by atoms with E-state index in [0.717, 1.165) is 0 Å². The van der Waals surface area contributed by atoms with Gasteiger partial charge in [-0.15, -0.1) is 0 Å². The molecule has 9 heteroatoms. The third-order valence-corrected chi connectivity index (χ3v) is 2.64. The lowest BCUT2D eigenvalue weighted by Crippen LogP contribution is -2.14. The second-order valence-electron chi connectivity index (χ2n) is 4.10. The zero-order valence-corrected chi connectivity index (χ0v) is 10.5. The highest BCUT2D eigenvalue weighted by atomic mass is 16.1. The summed E-state index contributed by atoms with van der Waals surface area (Å²) in [6.07, 6.45) is 1.63. The minimum atomic E-state index is -0.294. The number of nitrogens with zero attached hydrogens (tertiary/aromatic N) is 6. The molecule has 0 aliphatic heterocycles. The normalized spacial score (nSPS) is 11.1. The van der Waals surface area contributed by atoms with Crippen LogP contribution in [0.1, 0.15) is 11.6 Å². The molecule has 9 nitrogen and oxygen atoms in total. The summed E-state index contributed by atoms with van der Waals surface area (Å²) in [6.45, 7) is 2.20. The van der Waals surface area contributed by atoms with Gasteiger partial charge in [-0.25, -0.2) is 24.3 Å². The van der Waals surface area contributed by atoms with Gasteiger partial charge in [0.25, 0.3) is 0 Å². The fraction of sp³-hybridized carbons (Fsp3) is 0.300. The van der Waals surface area contributed by atoms with E-state index in [1.54, 1.807) is 31.0 Å². The van der Waals surface area contributed by atoms with Crippen molar-refractivity contribution < 1.29 is 0 Å². The van der Waals surface area contributed by atoms with Crippen molar-refractivity contribution in [1.82, 2.24) is 34.3 Å². The molecule has 0 bridgehead atoms. The summed E-state index contributed by atoms with van der Waals surface area (Å²) in [5.41, 5.74) is 0.229. The van der Waals surface area contributed by atoms with Gasteiger partial charge in [-0.1, -0.05) is 0 Å². The van der Waals surface area contributed by atoms with Crippen molar-refractivity contribution in [2.75, 3.05) is 5.32 Å². The average molecular weight is 260 g/mol. The Kier molecular flexibility index (Phi) is 2.51. The number of aromatic amines is 1. The van der Waals surface area contributed by atoms with Crippen LogP contribution in [0.3, 0.4) is 0 Å². The molecule has 3 aromatic heterocycles. The number of rotatable bonds is 3. The SMILES string of the molecule is Cc1nc(NCc2ncn(C)n2)cc2n[nH]c(=O)n12. The van der Waals surface area contributed by atoms with Crippen molar-refractivity contribution in [3.8, 4) is 0 Å². The van der Waals surface area contributed by atoms with E-state index in [1.807, 2.05) is 0 Å². The van der Waals surface area contributed by atoms with Crippen molar-refractivity contribution in [2.45, 2.75) is 13.5 Å². The van der Waals surface area contributed by atoms with Crippen molar-refractivity contribution in [3.63, 3.8) is 0 Å². The number of hydrogen-bond donors (Lipinski definition) is 2. The maximum atomic E-state index is 11.5. The molecule has 2 N–H and O–H groups in total. The maximum absolute atomic E-state index is 11.5. The van der Waals surface area contributed by atoms with Gasteiger partial charge in [0, 0.05) is 13.1 Å². The van der Waals surface area contributed by atoms with Gasteiger partial charge in [0.05, 0.1) is 6.54 Å². The molecule has 0 aromatic carbocycles. The summed E-state index contributed by atoms with van der Waals surface area (Å²) in [5.74, 6) is 1.85. The lowest BCUT2D eigenvalue weighted by molar-refractivity contribution is 0.746. The highest BCUT2D eigenvalue weighted by Crippen LogP contribution is 2.08. The number of aryl methyl sites for hydroxylation is 2. The maximum Gasteiger partial charge on any atom is 0.349 e. The molecule has 0 spiro atoms. The second-order valence-corrected chi connectivity index (χ2v) is 4.10. The Balaban J connectivity index is 1.87. The van der Waals surface area contributed by atoms with Crippen LogP contribution in [0.5, 0.6) is 0 Å². The molecular weight excluding hydrogens is 248 g/mol. The first-order chi connectivity index (χ1) is 9.13. The lowest BCUT2D eigenvalue weighted by Gasteiger charge is -2.04. The minimum Gasteiger partial charge on any atom is -0.363 e. The van der Waals surface area contributed by atoms with Crippen LogP contribution in [0.15, 0.2) is 17.2 Å². The number of hydrogen-bond acceptors (Lipinski definition) is 6. The van der Waals surface area contributed by atoms with Crippen LogP contribution in [-0.2, 0) is 13.6 Å². The molecule has 0 atom stereocenters. The second kappa shape index (κ2) is 4.19. The van der Waals surface area contributed by atoms with Gasteiger partial charge in [0.2, 0.25) is 0 Å². The first-order valence-corrected chi connectivity index (χ1v) is 5.66. The van der Waals surface area contributed by atoms with Crippen LogP contribution in [0.2, 0.25) is 0 Å². The first-order valence-electron chi connectivity index (χ1n) is 5.66. The average Bonchev–Trinajstić information content (AvgIpc) is 2.94. The van der Waals surface area contributed by atoms with E-state index in [9.17, 15) is 4.79 Å². The molecule has 0 aliphatic rings. The van der Waals surface area contributed by atoms with Gasteiger partial charge in [0.1, 0.15) is 18.0 Å². The van der Waals surface area contributed by atoms with E-state index in [0.29, 0.717) is 29.7 Å². The van der Waals surface area contributed by atoms with E-state index in [-0.39, 0.29) is 5.69 Å². The molecule has 0 aliphatic carbocycles. The summed E-state index contributed by atoms with van der Waals surface area (Å²) in [5, 5.41) is 13.5. The van der Waals surface area contributed by atoms with Crippen LogP contribution in [0, 0.1) is 6.92 Å². The summed E-state index contributed by atoms with van der Waals surface area (Å²) < 4.78 is 3.04. The zero-order chi connectivity index (χ0) is 13.4. The van der Waals surface area contributed by atoms with Gasteiger partial charge >= 0.3 is 5.69 Å². The van der Waals surface area contributed by atoms with E-state index < -0.39 is 0 Å². The van der Waals surface area contributed by atoms with Crippen LogP contribution in [0.4, 0.5) is 5.82 Å². The van der Waals surface area contributed by atoms with Gasteiger partial charge in [-0.2, -0.15) is 10.2 Å². The summed E-state index contributed by atoms with van der Waals surface area (Å²) in [7, 11) is 1.81. The predicted octanol–water partition coefficient (Wildman–Crippen LogP) is -0.533. The Labute approximate surface area is 107 Å². The monoisotopic (exact) mass is 260 g/mol. The molecule has 3 rings (SSSR count). The van der Waals surface area contributed by atoms with Crippen LogP contribution in [-0.4, -0.2) is 34.3 Å². The molecule has 0 fully saturated rings. The van der Waals surface area contributed by atoms with Crippen LogP contribution >= 0.6 is 0 Å². The molecule has 0 amide bonds. The quantitative estimate of drug-likeness (QED) is 0.655. The van der Waals surface area contributed by atoms with E-state index in [1.165, 1.54) is 4.40 Å². The molecule has 19 heavy (non-hydrogen) atoms. The minimum absolute atomic E-state index is 0.294. The molecule has 0 unspecified atom stereocenters. The standard InChI is InChI=1S/C10H12N8O/c1-6-13-7(3-9-14-15-10(19)18(6)9)11-4-8-12-5-17(2)16-8/h3,5,11H,4H2,1-2H3,(H,15,19). The Hall–Kier alpha value is -2.71. The number of fused-ring (bicyclic) bond motifs is 1. The van der Waals surface area contributed by atoms with E-state index in [2.05, 4.69) is 30.6 Å². The molecule has 98 valence electrons. The summed E-state index contributed by atoms with van der Waals surface area (Å²) in [6, 6.07) is 1.69. The van der Waals surface area contributed by atoms with Crippen molar-refractivity contribution >= 4 is 11.5 Å². The Morgan fingerprint density at radius 2 is 2.32 bits per heavy atom. The van der Waals surface area contributed by atoms with Gasteiger partial charge in [-0.3, -0.25) is 4.68 Å². The third kappa shape index (κ3) is 2.05. The summed E-state index contributed by atoms with van der Waals surface area (Å²) in [4.78, 5) is 19.8. The number of anilines is 1. The Morgan fingerprint density at radius 3 is 3.05 bits per heavy atom. The predicted molar refractivity (Wildman–Crippen MR) is 66.7 cm³/mol. The largest absolute Gasteiger partial charge is 0.363 e. The van der Waals surface area contributed by atoms with Crippen molar-refractivity contribution in [1.29, 1.82) is 0 Å². The zero-order valence-electron chi connectivity index (χ0n) is 10.5. The first kappa shape index (κ1) is 11.4. The third-order valence-electron chi connectivity index (χ3n) is 2.64. The molecular formula is C10H12N8O. The van der Waals surface area contributed by atoms with Crippen molar-refractivity contribution in [3.05, 3.63) is 34.5 Å². The topological polar surface area (TPSA) is 106 Å². The smallest absolute Gasteiger partial charge is 0.349 e. The fourth-order valence-electron chi connectivity index (χ4n) is 1.82. The highest BCUT2D eigenvalue weighted by molar-refractivity contribution is 5.49. The number of H-pyrrole nitrogens is 1. The molecule has 0 saturated carbocycles. The van der Waals surface area contributed by atoms with Gasteiger partial charge in [0.15, 0.2) is 11.5 Å². The highest BCUT2D eigenvalue weighted by Gasteiger charge is 2.07. The molecule has 0 radical (unpaired) electrons. The Bertz CT molecular complexity index is 782. The lowest BCUT2D eigenvalue weighted by atomic mass is 10.5. The van der Waals surface area contributed by atoms with Crippen molar-refractivity contribution in [2.24, 2.45) is 7.05 Å². The van der Waals surface area contributed by atoms with Gasteiger partial charge in [-0.05, 0) is 6.92 Å². The molecule has 3 aromatic rings. The number of aromatic nitrogens is 7. The molecule has 0 saturated heterocycles. The molecule has 3 heterocycles. The van der Waals surface area contributed by atoms with E-state index in [4.69, 9.17) is 0 Å². The van der Waals surface area contributed by atoms with Crippen LogP contribution < -0.4 is 11.0 Å². The van der Waals surface area contributed by atoms with E-state index >= 15 is 0 Å². The van der Waals surface area contributed by atoms with Gasteiger partial charge < -0.3 is 5.32 Å². The Morgan fingerprint density at radius 1 is 1.47 bits per heavy atom. The number of nitrogens with one attached hydrogen (secondary N) is 2.